The van der Waals surface area contributed by atoms with Gasteiger partial charge in [-0.15, -0.1) is 0 Å². The fraction of sp³-hybridized carbons (Fsp3) is 0.350. The molecule has 1 aliphatic heterocycles. The summed E-state index contributed by atoms with van der Waals surface area (Å²) in [7, 11) is 0. The Kier molecular flexibility index (Phi) is 5.66. The third-order valence-corrected chi connectivity index (χ3v) is 4.71. The van der Waals surface area contributed by atoms with Gasteiger partial charge in [0.25, 0.3) is 0 Å². The number of aliphatic hydroxyl groups is 1. The average Bonchev–Trinajstić information content (AvgIpc) is 3.11. The van der Waals surface area contributed by atoms with Crippen LogP contribution < -0.4 is 5.32 Å². The number of nitrogens with one attached hydrogen (secondary N) is 1. The molecular weight excluding hydrogens is 319 g/mol. The van der Waals surface area contributed by atoms with Crippen molar-refractivity contribution < 1.29 is 14.3 Å². The van der Waals surface area contributed by atoms with Crippen molar-refractivity contribution in [3.63, 3.8) is 0 Å². The van der Waals surface area contributed by atoms with Crippen molar-refractivity contribution in [2.24, 2.45) is 0 Å². The van der Waals surface area contributed by atoms with Crippen LogP contribution in [0.4, 0.5) is 9.18 Å². The zero-order chi connectivity index (χ0) is 17.6. The number of aliphatic hydroxyl groups excluding tert-OH is 1. The number of carbonyl (C=O) groups is 1. The molecule has 0 spiro atoms. The van der Waals surface area contributed by atoms with E-state index >= 15 is 0 Å². The first-order valence-electron chi connectivity index (χ1n) is 8.65. The molecule has 0 aromatic heterocycles. The average molecular weight is 342 g/mol. The van der Waals surface area contributed by atoms with Gasteiger partial charge in [0, 0.05) is 12.1 Å². The van der Waals surface area contributed by atoms with Crippen LogP contribution in [0, 0.1) is 5.82 Å². The molecule has 2 aromatic carbocycles. The van der Waals surface area contributed by atoms with Crippen molar-refractivity contribution in [1.82, 2.24) is 10.2 Å². The normalized spacial score (nSPS) is 18.2. The lowest BCUT2D eigenvalue weighted by Crippen LogP contribution is -2.45. The second kappa shape index (κ2) is 8.12. The summed E-state index contributed by atoms with van der Waals surface area (Å²) in [5.41, 5.74) is 1.50. The van der Waals surface area contributed by atoms with Crippen molar-refractivity contribution in [3.8, 4) is 0 Å². The third-order valence-electron chi connectivity index (χ3n) is 4.71. The Balaban J connectivity index is 1.81. The fourth-order valence-corrected chi connectivity index (χ4v) is 3.37. The molecule has 3 rings (SSSR count). The van der Waals surface area contributed by atoms with Gasteiger partial charge in [0.05, 0.1) is 18.7 Å². The number of urea groups is 1. The van der Waals surface area contributed by atoms with Crippen LogP contribution in [0.1, 0.15) is 30.0 Å². The number of halogens is 1. The van der Waals surface area contributed by atoms with E-state index in [4.69, 9.17) is 0 Å². The summed E-state index contributed by atoms with van der Waals surface area (Å²) in [5.74, 6) is -0.330. The highest BCUT2D eigenvalue weighted by Gasteiger charge is 2.30. The number of likely N-dealkylation sites (tertiary alicyclic amines) is 1. The van der Waals surface area contributed by atoms with Crippen molar-refractivity contribution in [1.29, 1.82) is 0 Å². The minimum absolute atomic E-state index is 0.0452. The number of hydrogen-bond acceptors (Lipinski definition) is 2. The van der Waals surface area contributed by atoms with Gasteiger partial charge in [-0.2, -0.15) is 0 Å². The van der Waals surface area contributed by atoms with E-state index in [2.05, 4.69) is 5.32 Å². The summed E-state index contributed by atoms with van der Waals surface area (Å²) in [4.78, 5) is 14.3. The maximum atomic E-state index is 14.3. The van der Waals surface area contributed by atoms with Crippen LogP contribution in [0.5, 0.6) is 0 Å². The molecule has 0 aliphatic carbocycles. The first-order chi connectivity index (χ1) is 12.2. The van der Waals surface area contributed by atoms with Crippen LogP contribution in [-0.4, -0.2) is 35.2 Å². The molecule has 2 aromatic rings. The molecule has 4 nitrogen and oxygen atoms in total. The number of amides is 2. The molecule has 0 saturated carbocycles. The van der Waals surface area contributed by atoms with Gasteiger partial charge in [0.15, 0.2) is 0 Å². The molecule has 25 heavy (non-hydrogen) atoms. The third kappa shape index (κ3) is 4.17. The highest BCUT2D eigenvalue weighted by atomic mass is 19.1. The van der Waals surface area contributed by atoms with Crippen LogP contribution >= 0.6 is 0 Å². The van der Waals surface area contributed by atoms with Crippen LogP contribution in [0.2, 0.25) is 0 Å². The van der Waals surface area contributed by atoms with Crippen LogP contribution in [0.25, 0.3) is 0 Å². The lowest BCUT2D eigenvalue weighted by atomic mass is 9.98. The predicted molar refractivity (Wildman–Crippen MR) is 94.6 cm³/mol. The van der Waals surface area contributed by atoms with E-state index in [1.165, 1.54) is 6.07 Å². The van der Waals surface area contributed by atoms with Crippen LogP contribution in [-0.2, 0) is 6.42 Å². The van der Waals surface area contributed by atoms with E-state index in [-0.39, 0.29) is 24.5 Å². The summed E-state index contributed by atoms with van der Waals surface area (Å²) in [5, 5.41) is 12.4. The molecule has 5 heteroatoms. The molecule has 1 aliphatic rings. The zero-order valence-electron chi connectivity index (χ0n) is 14.1. The number of hydrogen-bond donors (Lipinski definition) is 2. The van der Waals surface area contributed by atoms with E-state index in [0.717, 1.165) is 18.4 Å². The van der Waals surface area contributed by atoms with Gasteiger partial charge < -0.3 is 15.3 Å². The standard InChI is InChI=1S/C20H23FN2O2/c21-18-11-5-4-10-17(18)19(13-15-7-2-1-3-8-15)22-20(25)23-12-6-9-16(23)14-24/h1-5,7-8,10-11,16,19,24H,6,9,12-14H2,(H,22,25). The van der Waals surface area contributed by atoms with Crippen LogP contribution in [0.15, 0.2) is 54.6 Å². The Hall–Kier alpha value is -2.40. The van der Waals surface area contributed by atoms with Crippen molar-refractivity contribution >= 4 is 6.03 Å². The molecule has 132 valence electrons. The van der Waals surface area contributed by atoms with E-state index in [1.807, 2.05) is 30.3 Å². The van der Waals surface area contributed by atoms with E-state index in [1.54, 1.807) is 23.1 Å². The first kappa shape index (κ1) is 17.4. The maximum absolute atomic E-state index is 14.3. The lowest BCUT2D eigenvalue weighted by Gasteiger charge is -2.27. The summed E-state index contributed by atoms with van der Waals surface area (Å²) < 4.78 is 14.3. The smallest absolute Gasteiger partial charge is 0.318 e. The van der Waals surface area contributed by atoms with Crippen molar-refractivity contribution in [2.45, 2.75) is 31.3 Å². The Morgan fingerprint density at radius 1 is 1.20 bits per heavy atom. The van der Waals surface area contributed by atoms with Crippen molar-refractivity contribution in [2.75, 3.05) is 13.2 Å². The minimum Gasteiger partial charge on any atom is -0.394 e. The summed E-state index contributed by atoms with van der Waals surface area (Å²) >= 11 is 0. The van der Waals surface area contributed by atoms with Crippen molar-refractivity contribution in [3.05, 3.63) is 71.5 Å². The van der Waals surface area contributed by atoms with Gasteiger partial charge in [-0.3, -0.25) is 0 Å². The van der Waals surface area contributed by atoms with Gasteiger partial charge in [-0.05, 0) is 30.9 Å². The Bertz CT molecular complexity index is 708. The molecule has 2 amide bonds. The Labute approximate surface area is 147 Å². The summed E-state index contributed by atoms with van der Waals surface area (Å²) in [6.07, 6.45) is 2.18. The number of rotatable bonds is 5. The molecule has 1 fully saturated rings. The minimum atomic E-state index is -0.462. The zero-order valence-corrected chi connectivity index (χ0v) is 14.1. The van der Waals surface area contributed by atoms with E-state index in [9.17, 15) is 14.3 Å². The second-order valence-electron chi connectivity index (χ2n) is 6.39. The molecule has 1 heterocycles. The Morgan fingerprint density at radius 3 is 2.64 bits per heavy atom. The van der Waals surface area contributed by atoms with Gasteiger partial charge in [0.2, 0.25) is 0 Å². The molecule has 2 N–H and O–H groups in total. The number of nitrogens with zero attached hydrogens (tertiary/aromatic N) is 1. The fourth-order valence-electron chi connectivity index (χ4n) is 3.37. The van der Waals surface area contributed by atoms with Gasteiger partial charge in [0.1, 0.15) is 5.82 Å². The molecule has 1 saturated heterocycles. The molecular formula is C20H23FN2O2. The first-order valence-corrected chi connectivity index (χ1v) is 8.65. The van der Waals surface area contributed by atoms with Gasteiger partial charge in [-0.1, -0.05) is 48.5 Å². The van der Waals surface area contributed by atoms with Gasteiger partial charge >= 0.3 is 6.03 Å². The van der Waals surface area contributed by atoms with Gasteiger partial charge in [-0.25, -0.2) is 9.18 Å². The SMILES string of the molecule is O=C(NC(Cc1ccccc1)c1ccccc1F)N1CCCC1CO. The monoisotopic (exact) mass is 342 g/mol. The maximum Gasteiger partial charge on any atom is 0.318 e. The molecule has 0 bridgehead atoms. The Morgan fingerprint density at radius 2 is 1.92 bits per heavy atom. The number of benzene rings is 2. The van der Waals surface area contributed by atoms with E-state index in [0.29, 0.717) is 18.5 Å². The lowest BCUT2D eigenvalue weighted by molar-refractivity contribution is 0.154. The second-order valence-corrected chi connectivity index (χ2v) is 6.39. The largest absolute Gasteiger partial charge is 0.394 e. The highest BCUT2D eigenvalue weighted by Crippen LogP contribution is 2.23. The summed E-state index contributed by atoms with van der Waals surface area (Å²) in [6, 6.07) is 15.4. The predicted octanol–water partition coefficient (Wildman–Crippen LogP) is 3.28. The topological polar surface area (TPSA) is 52.6 Å². The quantitative estimate of drug-likeness (QED) is 0.876. The van der Waals surface area contributed by atoms with E-state index < -0.39 is 6.04 Å². The van der Waals surface area contributed by atoms with Crippen LogP contribution in [0.3, 0.4) is 0 Å². The molecule has 0 radical (unpaired) electrons. The molecule has 2 unspecified atom stereocenters. The molecule has 2 atom stereocenters. The number of carbonyl (C=O) groups excluding carboxylic acids is 1. The highest BCUT2D eigenvalue weighted by molar-refractivity contribution is 5.75. The summed E-state index contributed by atoms with van der Waals surface area (Å²) in [6.45, 7) is 0.572.